The molecule has 3 atom stereocenters. The topological polar surface area (TPSA) is 43.4 Å². The Morgan fingerprint density at radius 2 is 2.21 bits per heavy atom. The lowest BCUT2D eigenvalue weighted by Gasteiger charge is -2.30. The molecule has 1 fully saturated rings. The molecule has 3 heterocycles. The number of nitrogens with one attached hydrogen (secondary N) is 1. The van der Waals surface area contributed by atoms with Crippen molar-refractivity contribution in [3.63, 3.8) is 0 Å². The quantitative estimate of drug-likeness (QED) is 0.849. The average Bonchev–Trinajstić information content (AvgIpc) is 2.73. The Labute approximate surface area is 107 Å². The standard InChI is InChI=1S/C12H13F3N2O2/c1-18-6-4-8-10(16-5-6)7-2-3-9(12(13,14)15)17-11(7)19-8/h2-3,6,8,10,16H,4-5H2,1H3/t6-,8+,10+/m1/s1. The lowest BCUT2D eigenvalue weighted by Crippen LogP contribution is -2.45. The minimum atomic E-state index is -4.45. The van der Waals surface area contributed by atoms with Crippen molar-refractivity contribution >= 4 is 0 Å². The minimum absolute atomic E-state index is 0.0117. The van der Waals surface area contributed by atoms with Gasteiger partial charge in [0.1, 0.15) is 11.8 Å². The van der Waals surface area contributed by atoms with E-state index in [1.165, 1.54) is 6.07 Å². The summed E-state index contributed by atoms with van der Waals surface area (Å²) in [6.45, 7) is 0.654. The molecule has 0 spiro atoms. The molecule has 7 heteroatoms. The summed E-state index contributed by atoms with van der Waals surface area (Å²) in [7, 11) is 1.61. The van der Waals surface area contributed by atoms with Crippen molar-refractivity contribution in [1.29, 1.82) is 0 Å². The van der Waals surface area contributed by atoms with Gasteiger partial charge in [0, 0.05) is 25.6 Å². The number of pyridine rings is 1. The molecule has 4 nitrogen and oxygen atoms in total. The van der Waals surface area contributed by atoms with Crippen LogP contribution in [0.3, 0.4) is 0 Å². The molecule has 1 saturated heterocycles. The summed E-state index contributed by atoms with van der Waals surface area (Å²) in [5, 5.41) is 3.23. The van der Waals surface area contributed by atoms with E-state index in [0.29, 0.717) is 18.5 Å². The third-order valence-corrected chi connectivity index (χ3v) is 3.54. The van der Waals surface area contributed by atoms with Crippen LogP contribution in [-0.2, 0) is 10.9 Å². The van der Waals surface area contributed by atoms with Gasteiger partial charge >= 0.3 is 6.18 Å². The van der Waals surface area contributed by atoms with Crippen molar-refractivity contribution in [2.45, 2.75) is 30.8 Å². The first kappa shape index (κ1) is 12.7. The van der Waals surface area contributed by atoms with Gasteiger partial charge in [0.25, 0.3) is 0 Å². The molecule has 3 rings (SSSR count). The number of nitrogens with zero attached hydrogens (tertiary/aromatic N) is 1. The minimum Gasteiger partial charge on any atom is -0.472 e. The highest BCUT2D eigenvalue weighted by atomic mass is 19.4. The Kier molecular flexibility index (Phi) is 2.90. The van der Waals surface area contributed by atoms with Crippen LogP contribution in [0, 0.1) is 0 Å². The zero-order valence-corrected chi connectivity index (χ0v) is 10.2. The molecule has 0 saturated carbocycles. The maximum atomic E-state index is 12.6. The summed E-state index contributed by atoms with van der Waals surface area (Å²) >= 11 is 0. The van der Waals surface area contributed by atoms with Gasteiger partial charge in [-0.05, 0) is 12.1 Å². The highest BCUT2D eigenvalue weighted by Crippen LogP contribution is 2.41. The van der Waals surface area contributed by atoms with Crippen LogP contribution >= 0.6 is 0 Å². The molecular weight excluding hydrogens is 261 g/mol. The van der Waals surface area contributed by atoms with Crippen molar-refractivity contribution in [3.8, 4) is 5.88 Å². The molecule has 1 aromatic heterocycles. The smallest absolute Gasteiger partial charge is 0.433 e. The molecule has 1 aromatic rings. The maximum absolute atomic E-state index is 12.6. The number of aromatic nitrogens is 1. The van der Waals surface area contributed by atoms with E-state index in [4.69, 9.17) is 9.47 Å². The van der Waals surface area contributed by atoms with Crippen LogP contribution < -0.4 is 10.1 Å². The van der Waals surface area contributed by atoms with Crippen LogP contribution in [0.1, 0.15) is 23.7 Å². The van der Waals surface area contributed by atoms with Gasteiger partial charge in [-0.1, -0.05) is 0 Å². The van der Waals surface area contributed by atoms with Gasteiger partial charge < -0.3 is 14.8 Å². The van der Waals surface area contributed by atoms with Gasteiger partial charge in [-0.2, -0.15) is 13.2 Å². The zero-order valence-electron chi connectivity index (χ0n) is 10.2. The van der Waals surface area contributed by atoms with E-state index >= 15 is 0 Å². The van der Waals surface area contributed by atoms with E-state index in [9.17, 15) is 13.2 Å². The molecule has 19 heavy (non-hydrogen) atoms. The molecule has 0 aromatic carbocycles. The Morgan fingerprint density at radius 1 is 1.42 bits per heavy atom. The summed E-state index contributed by atoms with van der Waals surface area (Å²) in [6, 6.07) is 2.33. The largest absolute Gasteiger partial charge is 0.472 e. The van der Waals surface area contributed by atoms with Crippen molar-refractivity contribution in [1.82, 2.24) is 10.3 Å². The second-order valence-corrected chi connectivity index (χ2v) is 4.72. The Morgan fingerprint density at radius 3 is 2.89 bits per heavy atom. The lowest BCUT2D eigenvalue weighted by molar-refractivity contribution is -0.141. The number of piperidine rings is 1. The van der Waals surface area contributed by atoms with Gasteiger partial charge in [-0.25, -0.2) is 4.98 Å². The van der Waals surface area contributed by atoms with Crippen LogP contribution in [0.25, 0.3) is 0 Å². The van der Waals surface area contributed by atoms with Crippen LogP contribution in [0.5, 0.6) is 5.88 Å². The number of rotatable bonds is 1. The summed E-state index contributed by atoms with van der Waals surface area (Å²) < 4.78 is 48.5. The van der Waals surface area contributed by atoms with Crippen molar-refractivity contribution in [2.24, 2.45) is 0 Å². The third-order valence-electron chi connectivity index (χ3n) is 3.54. The number of methoxy groups -OCH3 is 1. The van der Waals surface area contributed by atoms with Gasteiger partial charge in [0.05, 0.1) is 12.1 Å². The molecule has 2 aliphatic heterocycles. The molecule has 0 bridgehead atoms. The van der Waals surface area contributed by atoms with E-state index in [2.05, 4.69) is 10.3 Å². The summed E-state index contributed by atoms with van der Waals surface area (Å²) in [6.07, 6.45) is -4.01. The normalized spacial score (nSPS) is 29.6. The SMILES string of the molecule is CO[C@H]1CN[C@H]2c3ccc(C(F)(F)F)nc3O[C@H]2C1. The number of hydrogen-bond acceptors (Lipinski definition) is 4. The molecule has 104 valence electrons. The van der Waals surface area contributed by atoms with Gasteiger partial charge in [0.2, 0.25) is 5.88 Å². The fourth-order valence-electron chi connectivity index (χ4n) is 2.56. The predicted molar refractivity (Wildman–Crippen MR) is 59.8 cm³/mol. The fourth-order valence-corrected chi connectivity index (χ4v) is 2.56. The van der Waals surface area contributed by atoms with Gasteiger partial charge in [-0.15, -0.1) is 0 Å². The molecule has 0 aliphatic carbocycles. The monoisotopic (exact) mass is 274 g/mol. The first-order valence-corrected chi connectivity index (χ1v) is 6.00. The van der Waals surface area contributed by atoms with Crippen molar-refractivity contribution in [2.75, 3.05) is 13.7 Å². The average molecular weight is 274 g/mol. The van der Waals surface area contributed by atoms with Crippen LogP contribution in [0.15, 0.2) is 12.1 Å². The Bertz CT molecular complexity index is 492. The number of hydrogen-bond donors (Lipinski definition) is 1. The number of ether oxygens (including phenoxy) is 2. The van der Waals surface area contributed by atoms with Crippen molar-refractivity contribution < 1.29 is 22.6 Å². The van der Waals surface area contributed by atoms with Crippen LogP contribution in [-0.4, -0.2) is 30.8 Å². The Balaban J connectivity index is 1.87. The van der Waals surface area contributed by atoms with E-state index in [0.717, 1.165) is 6.07 Å². The molecule has 0 radical (unpaired) electrons. The van der Waals surface area contributed by atoms with Crippen LogP contribution in [0.4, 0.5) is 13.2 Å². The summed E-state index contributed by atoms with van der Waals surface area (Å²) in [5.41, 5.74) is -0.235. The third kappa shape index (κ3) is 2.17. The number of alkyl halides is 3. The second kappa shape index (κ2) is 4.35. The predicted octanol–water partition coefficient (Wildman–Crippen LogP) is 1.91. The van der Waals surface area contributed by atoms with E-state index < -0.39 is 11.9 Å². The van der Waals surface area contributed by atoms with Crippen molar-refractivity contribution in [3.05, 3.63) is 23.4 Å². The van der Waals surface area contributed by atoms with E-state index in [-0.39, 0.29) is 24.1 Å². The summed E-state index contributed by atoms with van der Waals surface area (Å²) in [5.74, 6) is 0.0779. The lowest BCUT2D eigenvalue weighted by atomic mass is 9.96. The number of halogens is 3. The highest BCUT2D eigenvalue weighted by Gasteiger charge is 2.42. The second-order valence-electron chi connectivity index (χ2n) is 4.72. The molecule has 0 unspecified atom stereocenters. The maximum Gasteiger partial charge on any atom is 0.433 e. The number of fused-ring (bicyclic) bond motifs is 3. The highest BCUT2D eigenvalue weighted by molar-refractivity contribution is 5.37. The van der Waals surface area contributed by atoms with E-state index in [1.807, 2.05) is 0 Å². The molecule has 2 aliphatic rings. The molecule has 1 N–H and O–H groups in total. The fraction of sp³-hybridized carbons (Fsp3) is 0.583. The van der Waals surface area contributed by atoms with Gasteiger partial charge in [0.15, 0.2) is 0 Å². The van der Waals surface area contributed by atoms with E-state index in [1.54, 1.807) is 7.11 Å². The Hall–Kier alpha value is -1.34. The summed E-state index contributed by atoms with van der Waals surface area (Å²) in [4.78, 5) is 3.57. The molecule has 0 amide bonds. The first-order valence-electron chi connectivity index (χ1n) is 6.00. The zero-order chi connectivity index (χ0) is 13.6. The molecular formula is C12H13F3N2O2. The van der Waals surface area contributed by atoms with Crippen LogP contribution in [0.2, 0.25) is 0 Å². The first-order chi connectivity index (χ1) is 8.99. The van der Waals surface area contributed by atoms with Gasteiger partial charge in [-0.3, -0.25) is 0 Å².